The number of amides is 1. The molecular weight excluding hydrogens is 442 g/mol. The molecule has 7 nitrogen and oxygen atoms in total. The molecule has 0 bridgehead atoms. The first kappa shape index (κ1) is 22.7. The number of allylic oxidation sites excluding steroid dienone is 4. The molecule has 2 heterocycles. The third-order valence-corrected chi connectivity index (χ3v) is 4.40. The third kappa shape index (κ3) is 5.02. The van der Waals surface area contributed by atoms with E-state index in [0.717, 1.165) is 17.2 Å². The maximum Gasteiger partial charge on any atom is 0.416 e. The molecule has 32 heavy (non-hydrogen) atoms. The molecule has 1 atom stereocenters. The zero-order valence-electron chi connectivity index (χ0n) is 15.8. The number of hydrogen-bond donors (Lipinski definition) is 1. The van der Waals surface area contributed by atoms with Crippen LogP contribution in [0, 0.1) is 17.2 Å². The van der Waals surface area contributed by atoms with Crippen LogP contribution in [0.2, 0.25) is 0 Å². The Hall–Kier alpha value is -3.95. The highest BCUT2D eigenvalue weighted by Crippen LogP contribution is 2.42. The number of rotatable bonds is 4. The van der Waals surface area contributed by atoms with Gasteiger partial charge in [0, 0.05) is 29.7 Å². The molecule has 0 saturated heterocycles. The number of nitrogens with two attached hydrogens (primary N) is 1. The van der Waals surface area contributed by atoms with Crippen molar-refractivity contribution < 1.29 is 31.1 Å². The first-order valence-corrected chi connectivity index (χ1v) is 8.73. The van der Waals surface area contributed by atoms with E-state index < -0.39 is 36.2 Å². The Kier molecular flexibility index (Phi) is 5.89. The van der Waals surface area contributed by atoms with Crippen LogP contribution in [0.4, 0.5) is 26.3 Å². The van der Waals surface area contributed by atoms with Gasteiger partial charge < -0.3 is 5.73 Å². The van der Waals surface area contributed by atoms with Crippen molar-refractivity contribution in [2.24, 2.45) is 11.7 Å². The van der Waals surface area contributed by atoms with E-state index in [0.29, 0.717) is 6.08 Å². The second kappa shape index (κ2) is 8.29. The second-order valence-electron chi connectivity index (χ2n) is 6.67. The number of carbonyl (C=O) groups excluding carboxylic acids is 1. The van der Waals surface area contributed by atoms with Gasteiger partial charge in [-0.3, -0.25) is 9.78 Å². The Morgan fingerprint density at radius 1 is 1.25 bits per heavy atom. The fourth-order valence-electron chi connectivity index (χ4n) is 2.89. The number of carbonyl (C=O) groups is 1. The van der Waals surface area contributed by atoms with Crippen LogP contribution in [0.3, 0.4) is 0 Å². The van der Waals surface area contributed by atoms with Gasteiger partial charge in [-0.25, -0.2) is 9.67 Å². The molecule has 0 saturated carbocycles. The van der Waals surface area contributed by atoms with E-state index in [2.05, 4.69) is 15.1 Å². The Morgan fingerprint density at radius 3 is 2.56 bits per heavy atom. The quantitative estimate of drug-likeness (QED) is 0.562. The Morgan fingerprint density at radius 2 is 1.97 bits per heavy atom. The summed E-state index contributed by atoms with van der Waals surface area (Å²) in [6.45, 7) is 0. The van der Waals surface area contributed by atoms with Crippen LogP contribution in [-0.2, 0) is 4.79 Å². The van der Waals surface area contributed by atoms with Crippen molar-refractivity contribution in [3.05, 3.63) is 59.5 Å². The van der Waals surface area contributed by atoms with Gasteiger partial charge in [0.2, 0.25) is 0 Å². The summed E-state index contributed by atoms with van der Waals surface area (Å²) in [6.07, 6.45) is -5.43. The van der Waals surface area contributed by atoms with Gasteiger partial charge in [-0.1, -0.05) is 6.08 Å². The van der Waals surface area contributed by atoms with Gasteiger partial charge in [-0.05, 0) is 18.6 Å². The lowest BCUT2D eigenvalue weighted by Gasteiger charge is -2.23. The van der Waals surface area contributed by atoms with E-state index in [-0.39, 0.29) is 34.2 Å². The van der Waals surface area contributed by atoms with Crippen molar-refractivity contribution in [2.75, 3.05) is 0 Å². The number of alkyl halides is 6. The highest BCUT2D eigenvalue weighted by Gasteiger charge is 2.44. The van der Waals surface area contributed by atoms with E-state index in [1.165, 1.54) is 18.5 Å². The minimum atomic E-state index is -4.99. The van der Waals surface area contributed by atoms with Gasteiger partial charge in [0.15, 0.2) is 5.82 Å². The number of primary amides is 1. The molecular formula is C19H12F6N6O. The Balaban J connectivity index is 1.99. The molecule has 0 radical (unpaired) electrons. The minimum absolute atomic E-state index is 0.126. The van der Waals surface area contributed by atoms with E-state index in [9.17, 15) is 31.1 Å². The highest BCUT2D eigenvalue weighted by molar-refractivity contribution is 6.22. The number of pyridine rings is 1. The largest absolute Gasteiger partial charge is 0.416 e. The number of halogens is 6. The summed E-state index contributed by atoms with van der Waals surface area (Å²) in [5.74, 6) is -3.67. The number of nitrogens with zero attached hydrogens (tertiary/aromatic N) is 5. The second-order valence-corrected chi connectivity index (χ2v) is 6.67. The van der Waals surface area contributed by atoms with Gasteiger partial charge in [0.1, 0.15) is 12.4 Å². The van der Waals surface area contributed by atoms with Gasteiger partial charge in [0.05, 0.1) is 22.6 Å². The Labute approximate surface area is 176 Å². The SMILES string of the molecule is N#Cc1cncc(/C(=C\n2cnc(C3=CC(C(F)(F)F)=CC(C(F)(F)F)C3)n2)C(N)=O)c1. The highest BCUT2D eigenvalue weighted by atomic mass is 19.4. The number of hydrogen-bond acceptors (Lipinski definition) is 5. The van der Waals surface area contributed by atoms with Crippen molar-refractivity contribution in [1.82, 2.24) is 19.7 Å². The van der Waals surface area contributed by atoms with Crippen molar-refractivity contribution in [2.45, 2.75) is 18.8 Å². The molecule has 166 valence electrons. The topological polar surface area (TPSA) is 110 Å². The van der Waals surface area contributed by atoms with Crippen LogP contribution in [0.25, 0.3) is 17.3 Å². The smallest absolute Gasteiger partial charge is 0.366 e. The Bertz CT molecular complexity index is 1180. The number of nitriles is 1. The summed E-state index contributed by atoms with van der Waals surface area (Å²) in [6, 6.07) is 3.15. The van der Waals surface area contributed by atoms with Gasteiger partial charge in [0.25, 0.3) is 5.91 Å². The lowest BCUT2D eigenvalue weighted by atomic mass is 9.89. The van der Waals surface area contributed by atoms with Crippen molar-refractivity contribution in [1.29, 1.82) is 5.26 Å². The van der Waals surface area contributed by atoms with E-state index in [1.54, 1.807) is 0 Å². The van der Waals surface area contributed by atoms with Gasteiger partial charge >= 0.3 is 12.4 Å². The molecule has 0 fully saturated rings. The molecule has 1 amide bonds. The molecule has 2 aromatic heterocycles. The summed E-state index contributed by atoms with van der Waals surface area (Å²) < 4.78 is 79.6. The maximum absolute atomic E-state index is 13.1. The van der Waals surface area contributed by atoms with Crippen LogP contribution in [-0.4, -0.2) is 38.0 Å². The normalized spacial score (nSPS) is 17.4. The van der Waals surface area contributed by atoms with Crippen LogP contribution in [0.5, 0.6) is 0 Å². The number of aromatic nitrogens is 4. The molecule has 0 aliphatic heterocycles. The monoisotopic (exact) mass is 454 g/mol. The zero-order chi connectivity index (χ0) is 23.7. The lowest BCUT2D eigenvalue weighted by molar-refractivity contribution is -0.161. The van der Waals surface area contributed by atoms with Gasteiger partial charge in [-0.2, -0.15) is 31.6 Å². The summed E-state index contributed by atoms with van der Waals surface area (Å²) in [5.41, 5.74) is 3.64. The lowest BCUT2D eigenvalue weighted by Crippen LogP contribution is -2.26. The molecule has 13 heteroatoms. The zero-order valence-corrected chi connectivity index (χ0v) is 15.8. The van der Waals surface area contributed by atoms with E-state index in [4.69, 9.17) is 11.0 Å². The fraction of sp³-hybridized carbons (Fsp3) is 0.211. The molecule has 0 spiro atoms. The fourth-order valence-corrected chi connectivity index (χ4v) is 2.89. The molecule has 2 aromatic rings. The van der Waals surface area contributed by atoms with Crippen molar-refractivity contribution in [3.63, 3.8) is 0 Å². The van der Waals surface area contributed by atoms with Crippen LogP contribution >= 0.6 is 0 Å². The summed E-state index contributed by atoms with van der Waals surface area (Å²) in [7, 11) is 0. The summed E-state index contributed by atoms with van der Waals surface area (Å²) >= 11 is 0. The summed E-state index contributed by atoms with van der Waals surface area (Å²) in [4.78, 5) is 19.4. The molecule has 2 N–H and O–H groups in total. The third-order valence-electron chi connectivity index (χ3n) is 4.40. The van der Waals surface area contributed by atoms with Crippen LogP contribution in [0.1, 0.15) is 23.4 Å². The standard InChI is InChI=1S/C19H12F6N6O/c20-18(21,22)13-2-11(3-14(4-13)19(23,24)25)17-29-9-31(30-17)8-15(16(27)32)12-1-10(5-26)6-28-7-12/h1-2,4,6-9,14H,3H2,(H2,27,32)/b15-8+. The predicted octanol–water partition coefficient (Wildman–Crippen LogP) is 3.48. The van der Waals surface area contributed by atoms with Crippen molar-refractivity contribution in [3.8, 4) is 6.07 Å². The molecule has 1 aliphatic rings. The molecule has 1 unspecified atom stereocenters. The van der Waals surface area contributed by atoms with Crippen molar-refractivity contribution >= 4 is 23.3 Å². The average Bonchev–Trinajstić information content (AvgIpc) is 3.19. The van der Waals surface area contributed by atoms with Crippen LogP contribution < -0.4 is 5.73 Å². The predicted molar refractivity (Wildman–Crippen MR) is 98.6 cm³/mol. The average molecular weight is 454 g/mol. The van der Waals surface area contributed by atoms with Gasteiger partial charge in [-0.15, -0.1) is 5.10 Å². The molecule has 3 rings (SSSR count). The molecule has 1 aliphatic carbocycles. The molecule has 0 aromatic carbocycles. The maximum atomic E-state index is 13.1. The first-order chi connectivity index (χ1) is 14.9. The first-order valence-electron chi connectivity index (χ1n) is 8.73. The van der Waals surface area contributed by atoms with Crippen LogP contribution in [0.15, 0.2) is 42.5 Å². The summed E-state index contributed by atoms with van der Waals surface area (Å²) in [5, 5.41) is 12.8. The minimum Gasteiger partial charge on any atom is -0.366 e. The van der Waals surface area contributed by atoms with E-state index in [1.807, 2.05) is 6.07 Å². The van der Waals surface area contributed by atoms with E-state index >= 15 is 0 Å².